The summed E-state index contributed by atoms with van der Waals surface area (Å²) in [7, 11) is 0. The number of amides is 2. The lowest BCUT2D eigenvalue weighted by Crippen LogP contribution is -2.39. The molecule has 1 aliphatic heterocycles. The molecule has 0 unspecified atom stereocenters. The third-order valence-corrected chi connectivity index (χ3v) is 4.68. The Labute approximate surface area is 150 Å². The van der Waals surface area contributed by atoms with Crippen molar-refractivity contribution in [3.63, 3.8) is 0 Å². The van der Waals surface area contributed by atoms with E-state index in [1.54, 1.807) is 0 Å². The van der Waals surface area contributed by atoms with Crippen LogP contribution in [0.15, 0.2) is 24.3 Å². The predicted octanol–water partition coefficient (Wildman–Crippen LogP) is 2.78. The van der Waals surface area contributed by atoms with Crippen molar-refractivity contribution in [1.29, 1.82) is 0 Å². The van der Waals surface area contributed by atoms with Gasteiger partial charge in [-0.15, -0.1) is 0 Å². The number of carbonyl (C=O) groups excluding carboxylic acids is 2. The number of ether oxygens (including phenoxy) is 1. The number of aryl methyl sites for hydroxylation is 1. The Morgan fingerprint density at radius 1 is 1.16 bits per heavy atom. The molecule has 0 spiro atoms. The minimum atomic E-state index is 0.128. The number of likely N-dealkylation sites (tertiary alicyclic amines) is 1. The Bertz CT molecular complexity index is 549. The molecule has 0 bridgehead atoms. The van der Waals surface area contributed by atoms with Crippen LogP contribution in [-0.4, -0.2) is 43.0 Å². The first-order chi connectivity index (χ1) is 12.1. The molecule has 2 rings (SSSR count). The highest BCUT2D eigenvalue weighted by Gasteiger charge is 2.24. The topological polar surface area (TPSA) is 58.6 Å². The van der Waals surface area contributed by atoms with Gasteiger partial charge in [0.1, 0.15) is 5.75 Å². The molecule has 0 aliphatic carbocycles. The van der Waals surface area contributed by atoms with Crippen LogP contribution in [0.4, 0.5) is 0 Å². The SMILES string of the molecule is CCNC(=O)CC1CCN(C(=O)CCc2ccc(OCC)cc2)CC1. The molecule has 2 amide bonds. The van der Waals surface area contributed by atoms with Crippen molar-refractivity contribution in [2.45, 2.75) is 46.0 Å². The van der Waals surface area contributed by atoms with Gasteiger partial charge in [0, 0.05) is 32.5 Å². The number of carbonyl (C=O) groups is 2. The van der Waals surface area contributed by atoms with E-state index in [1.807, 2.05) is 43.0 Å². The second-order valence-corrected chi connectivity index (χ2v) is 6.56. The van der Waals surface area contributed by atoms with E-state index in [0.29, 0.717) is 31.9 Å². The molecule has 0 aromatic heterocycles. The average molecular weight is 346 g/mol. The number of nitrogens with zero attached hydrogens (tertiary/aromatic N) is 1. The zero-order valence-electron chi connectivity index (χ0n) is 15.4. The predicted molar refractivity (Wildman–Crippen MR) is 98.5 cm³/mol. The average Bonchev–Trinajstić information content (AvgIpc) is 2.62. The van der Waals surface area contributed by atoms with Gasteiger partial charge in [-0.25, -0.2) is 0 Å². The van der Waals surface area contributed by atoms with E-state index < -0.39 is 0 Å². The van der Waals surface area contributed by atoms with Crippen LogP contribution in [0, 0.1) is 5.92 Å². The molecule has 1 fully saturated rings. The van der Waals surface area contributed by atoms with Crippen LogP contribution in [-0.2, 0) is 16.0 Å². The molecule has 25 heavy (non-hydrogen) atoms. The quantitative estimate of drug-likeness (QED) is 0.787. The Balaban J connectivity index is 1.70. The molecule has 1 aliphatic rings. The van der Waals surface area contributed by atoms with Crippen LogP contribution >= 0.6 is 0 Å². The molecular weight excluding hydrogens is 316 g/mol. The van der Waals surface area contributed by atoms with Gasteiger partial charge in [0.25, 0.3) is 0 Å². The molecule has 5 heteroatoms. The van der Waals surface area contributed by atoms with E-state index in [-0.39, 0.29) is 11.8 Å². The lowest BCUT2D eigenvalue weighted by Gasteiger charge is -2.31. The van der Waals surface area contributed by atoms with Crippen molar-refractivity contribution in [3.05, 3.63) is 29.8 Å². The Morgan fingerprint density at radius 3 is 2.44 bits per heavy atom. The van der Waals surface area contributed by atoms with Gasteiger partial charge in [-0.05, 0) is 56.7 Å². The van der Waals surface area contributed by atoms with E-state index in [4.69, 9.17) is 4.74 Å². The number of nitrogens with one attached hydrogen (secondary N) is 1. The first-order valence-electron chi connectivity index (χ1n) is 9.38. The van der Waals surface area contributed by atoms with Gasteiger partial charge in [-0.2, -0.15) is 0 Å². The van der Waals surface area contributed by atoms with Crippen LogP contribution in [0.1, 0.15) is 45.1 Å². The van der Waals surface area contributed by atoms with Gasteiger partial charge in [-0.1, -0.05) is 12.1 Å². The summed E-state index contributed by atoms with van der Waals surface area (Å²) in [4.78, 5) is 26.0. The molecule has 0 atom stereocenters. The maximum Gasteiger partial charge on any atom is 0.222 e. The largest absolute Gasteiger partial charge is 0.494 e. The molecule has 1 N–H and O–H groups in total. The Kier molecular flexibility index (Phi) is 7.76. The summed E-state index contributed by atoms with van der Waals surface area (Å²) < 4.78 is 5.43. The second kappa shape index (κ2) is 10.1. The fraction of sp³-hybridized carbons (Fsp3) is 0.600. The van der Waals surface area contributed by atoms with Gasteiger partial charge in [0.05, 0.1) is 6.61 Å². The van der Waals surface area contributed by atoms with Gasteiger partial charge in [0.2, 0.25) is 11.8 Å². The number of hydrogen-bond acceptors (Lipinski definition) is 3. The van der Waals surface area contributed by atoms with Crippen molar-refractivity contribution in [2.75, 3.05) is 26.2 Å². The Morgan fingerprint density at radius 2 is 1.84 bits per heavy atom. The van der Waals surface area contributed by atoms with Crippen molar-refractivity contribution < 1.29 is 14.3 Å². The minimum absolute atomic E-state index is 0.128. The zero-order valence-corrected chi connectivity index (χ0v) is 15.4. The molecule has 138 valence electrons. The summed E-state index contributed by atoms with van der Waals surface area (Å²) in [6.45, 7) is 6.78. The van der Waals surface area contributed by atoms with E-state index in [0.717, 1.165) is 43.7 Å². The highest BCUT2D eigenvalue weighted by molar-refractivity contribution is 5.77. The summed E-state index contributed by atoms with van der Waals surface area (Å²) >= 11 is 0. The fourth-order valence-corrected chi connectivity index (χ4v) is 3.25. The van der Waals surface area contributed by atoms with E-state index in [2.05, 4.69) is 5.32 Å². The number of hydrogen-bond donors (Lipinski definition) is 1. The van der Waals surface area contributed by atoms with Crippen molar-refractivity contribution >= 4 is 11.8 Å². The molecule has 1 saturated heterocycles. The molecule has 1 heterocycles. The minimum Gasteiger partial charge on any atom is -0.494 e. The zero-order chi connectivity index (χ0) is 18.1. The van der Waals surface area contributed by atoms with Crippen LogP contribution in [0.2, 0.25) is 0 Å². The highest BCUT2D eigenvalue weighted by atomic mass is 16.5. The van der Waals surface area contributed by atoms with Crippen molar-refractivity contribution in [2.24, 2.45) is 5.92 Å². The summed E-state index contributed by atoms with van der Waals surface area (Å²) in [5.41, 5.74) is 1.16. The summed E-state index contributed by atoms with van der Waals surface area (Å²) in [6, 6.07) is 7.96. The fourth-order valence-electron chi connectivity index (χ4n) is 3.25. The van der Waals surface area contributed by atoms with Crippen LogP contribution in [0.5, 0.6) is 5.75 Å². The third kappa shape index (κ3) is 6.40. The summed E-state index contributed by atoms with van der Waals surface area (Å²) in [6.07, 6.45) is 3.72. The number of piperidine rings is 1. The highest BCUT2D eigenvalue weighted by Crippen LogP contribution is 2.21. The van der Waals surface area contributed by atoms with Gasteiger partial charge >= 0.3 is 0 Å². The van der Waals surface area contributed by atoms with Crippen LogP contribution < -0.4 is 10.1 Å². The lowest BCUT2D eigenvalue weighted by molar-refractivity contribution is -0.132. The van der Waals surface area contributed by atoms with Gasteiger partial charge < -0.3 is 15.0 Å². The number of rotatable bonds is 8. The summed E-state index contributed by atoms with van der Waals surface area (Å²) in [5.74, 6) is 1.61. The van der Waals surface area contributed by atoms with Crippen molar-refractivity contribution in [1.82, 2.24) is 10.2 Å². The van der Waals surface area contributed by atoms with E-state index >= 15 is 0 Å². The summed E-state index contributed by atoms with van der Waals surface area (Å²) in [5, 5.41) is 2.85. The molecule has 0 radical (unpaired) electrons. The normalized spacial score (nSPS) is 15.0. The van der Waals surface area contributed by atoms with Gasteiger partial charge in [-0.3, -0.25) is 9.59 Å². The second-order valence-electron chi connectivity index (χ2n) is 6.56. The third-order valence-electron chi connectivity index (χ3n) is 4.68. The molecule has 1 aromatic carbocycles. The van der Waals surface area contributed by atoms with Crippen LogP contribution in [0.25, 0.3) is 0 Å². The van der Waals surface area contributed by atoms with Crippen LogP contribution in [0.3, 0.4) is 0 Å². The standard InChI is InChI=1S/C20H30N2O3/c1-3-21-19(23)15-17-11-13-22(14-12-17)20(24)10-7-16-5-8-18(9-6-16)25-4-2/h5-6,8-9,17H,3-4,7,10-15H2,1-2H3,(H,21,23). The molecule has 5 nitrogen and oxygen atoms in total. The Hall–Kier alpha value is -2.04. The molecule has 0 saturated carbocycles. The maximum atomic E-state index is 12.4. The first kappa shape index (κ1) is 19.3. The number of benzene rings is 1. The maximum absolute atomic E-state index is 12.4. The smallest absolute Gasteiger partial charge is 0.222 e. The first-order valence-corrected chi connectivity index (χ1v) is 9.38. The lowest BCUT2D eigenvalue weighted by atomic mass is 9.93. The molecule has 1 aromatic rings. The van der Waals surface area contributed by atoms with Crippen molar-refractivity contribution in [3.8, 4) is 5.75 Å². The van der Waals surface area contributed by atoms with E-state index in [1.165, 1.54) is 0 Å². The molecular formula is C20H30N2O3. The van der Waals surface area contributed by atoms with E-state index in [9.17, 15) is 9.59 Å². The monoisotopic (exact) mass is 346 g/mol. The van der Waals surface area contributed by atoms with Gasteiger partial charge in [0.15, 0.2) is 0 Å².